The molecule has 1 aromatic carbocycles. The van der Waals surface area contributed by atoms with Crippen LogP contribution in [-0.2, 0) is 11.2 Å². The van der Waals surface area contributed by atoms with Gasteiger partial charge in [0, 0.05) is 20.0 Å². The highest BCUT2D eigenvalue weighted by Gasteiger charge is 2.32. The first-order valence-corrected chi connectivity index (χ1v) is 7.32. The first-order valence-electron chi connectivity index (χ1n) is 7.32. The fraction of sp³-hybridized carbons (Fsp3) is 0.562. The van der Waals surface area contributed by atoms with Crippen LogP contribution in [0.5, 0.6) is 5.75 Å². The van der Waals surface area contributed by atoms with Crippen LogP contribution in [-0.4, -0.2) is 37.3 Å². The lowest BCUT2D eigenvalue weighted by molar-refractivity contribution is -0.274. The molecule has 0 fully saturated rings. The lowest BCUT2D eigenvalue weighted by Gasteiger charge is -2.29. The van der Waals surface area contributed by atoms with Crippen LogP contribution in [0.25, 0.3) is 0 Å². The third kappa shape index (κ3) is 7.88. The minimum atomic E-state index is -4.75. The van der Waals surface area contributed by atoms with Gasteiger partial charge >= 0.3 is 6.36 Å². The molecule has 0 aliphatic carbocycles. The number of nitrogens with two attached hydrogens (primary N) is 1. The maximum atomic E-state index is 12.4. The Hall–Kier alpha value is -1.47. The van der Waals surface area contributed by atoms with E-state index in [-0.39, 0.29) is 42.3 Å². The van der Waals surface area contributed by atoms with Gasteiger partial charge in [-0.1, -0.05) is 32.0 Å². The molecule has 1 amide bonds. The molecule has 24 heavy (non-hydrogen) atoms. The zero-order valence-electron chi connectivity index (χ0n) is 14.0. The molecule has 0 bridgehead atoms. The van der Waals surface area contributed by atoms with Crippen molar-refractivity contribution in [1.82, 2.24) is 4.90 Å². The molecule has 0 aliphatic rings. The van der Waals surface area contributed by atoms with Crippen molar-refractivity contribution in [3.63, 3.8) is 0 Å². The van der Waals surface area contributed by atoms with E-state index in [0.717, 1.165) is 0 Å². The molecule has 0 saturated carbocycles. The molecular formula is C16H24ClF3N2O2. The molecule has 0 spiro atoms. The molecule has 138 valence electrons. The van der Waals surface area contributed by atoms with E-state index < -0.39 is 6.36 Å². The van der Waals surface area contributed by atoms with E-state index >= 15 is 0 Å². The predicted octanol–water partition coefficient (Wildman–Crippen LogP) is 3.38. The van der Waals surface area contributed by atoms with E-state index in [0.29, 0.717) is 18.7 Å². The van der Waals surface area contributed by atoms with Crippen LogP contribution in [0.2, 0.25) is 0 Å². The number of hydrogen-bond acceptors (Lipinski definition) is 3. The molecule has 0 unspecified atom stereocenters. The summed E-state index contributed by atoms with van der Waals surface area (Å²) >= 11 is 0. The Kier molecular flexibility index (Phi) is 8.57. The Labute approximate surface area is 146 Å². The molecule has 0 saturated heterocycles. The van der Waals surface area contributed by atoms with E-state index in [1.807, 2.05) is 13.8 Å². The maximum absolute atomic E-state index is 12.4. The van der Waals surface area contributed by atoms with E-state index in [2.05, 4.69) is 4.74 Å². The van der Waals surface area contributed by atoms with Gasteiger partial charge in [0.1, 0.15) is 5.75 Å². The van der Waals surface area contributed by atoms with Crippen LogP contribution in [0.4, 0.5) is 13.2 Å². The van der Waals surface area contributed by atoms with Gasteiger partial charge in [-0.25, -0.2) is 0 Å². The number of halogens is 4. The average molecular weight is 369 g/mol. The largest absolute Gasteiger partial charge is 0.573 e. The lowest BCUT2D eigenvalue weighted by atomic mass is 9.93. The summed E-state index contributed by atoms with van der Waals surface area (Å²) in [5, 5.41) is 0. The number of benzene rings is 1. The Balaban J connectivity index is 0.00000529. The summed E-state index contributed by atoms with van der Waals surface area (Å²) in [4.78, 5) is 13.7. The first-order chi connectivity index (χ1) is 10.5. The average Bonchev–Trinajstić information content (AvgIpc) is 2.44. The van der Waals surface area contributed by atoms with Crippen LogP contribution in [0, 0.1) is 5.41 Å². The highest BCUT2D eigenvalue weighted by molar-refractivity contribution is 5.85. The van der Waals surface area contributed by atoms with E-state index in [9.17, 15) is 18.0 Å². The van der Waals surface area contributed by atoms with Crippen molar-refractivity contribution in [3.8, 4) is 5.75 Å². The molecule has 8 heteroatoms. The van der Waals surface area contributed by atoms with Gasteiger partial charge in [-0.15, -0.1) is 25.6 Å². The molecule has 0 radical (unpaired) electrons. The summed E-state index contributed by atoms with van der Waals surface area (Å²) in [6, 6.07) is 5.85. The van der Waals surface area contributed by atoms with Crippen LogP contribution in [0.3, 0.4) is 0 Å². The lowest BCUT2D eigenvalue weighted by Crippen LogP contribution is -2.39. The summed E-state index contributed by atoms with van der Waals surface area (Å²) < 4.78 is 41.1. The summed E-state index contributed by atoms with van der Waals surface area (Å²) in [5.41, 5.74) is 5.78. The topological polar surface area (TPSA) is 55.6 Å². The molecule has 0 aliphatic heterocycles. The Morgan fingerprint density at radius 1 is 1.25 bits per heavy atom. The fourth-order valence-electron chi connectivity index (χ4n) is 2.16. The van der Waals surface area contributed by atoms with Crippen molar-refractivity contribution >= 4 is 18.3 Å². The minimum absolute atomic E-state index is 0. The summed E-state index contributed by atoms with van der Waals surface area (Å²) in [5.74, 6) is -0.411. The number of alkyl halides is 3. The van der Waals surface area contributed by atoms with E-state index in [1.54, 1.807) is 18.0 Å². The summed E-state index contributed by atoms with van der Waals surface area (Å²) in [6.45, 7) is 4.82. The zero-order valence-corrected chi connectivity index (χ0v) is 14.8. The maximum Gasteiger partial charge on any atom is 0.573 e. The third-order valence-electron chi connectivity index (χ3n) is 3.45. The quantitative estimate of drug-likeness (QED) is 0.802. The number of aryl methyl sites for hydroxylation is 1. The van der Waals surface area contributed by atoms with Gasteiger partial charge < -0.3 is 15.4 Å². The number of carbonyl (C=O) groups excluding carboxylic acids is 1. The van der Waals surface area contributed by atoms with Crippen molar-refractivity contribution in [2.75, 3.05) is 20.1 Å². The second-order valence-corrected chi connectivity index (χ2v) is 6.27. The number of hydrogen-bond donors (Lipinski definition) is 1. The van der Waals surface area contributed by atoms with Crippen molar-refractivity contribution in [2.24, 2.45) is 11.1 Å². The number of ether oxygens (including phenoxy) is 1. The molecule has 0 heterocycles. The Morgan fingerprint density at radius 3 is 2.38 bits per heavy atom. The molecule has 2 N–H and O–H groups in total. The standard InChI is InChI=1S/C16H23F3N2O2.ClH/c1-15(2,10-20)11-21(3)14(22)9-8-12-6-4-5-7-13(12)23-16(17,18)19;/h4-7H,8-11,20H2,1-3H3;1H. The number of rotatable bonds is 7. The van der Waals surface area contributed by atoms with Gasteiger partial charge in [0.25, 0.3) is 0 Å². The number of para-hydroxylation sites is 1. The second kappa shape index (κ2) is 9.13. The number of carbonyl (C=O) groups is 1. The highest BCUT2D eigenvalue weighted by Crippen LogP contribution is 2.27. The molecule has 0 aromatic heterocycles. The predicted molar refractivity (Wildman–Crippen MR) is 89.2 cm³/mol. The molecule has 1 aromatic rings. The second-order valence-electron chi connectivity index (χ2n) is 6.27. The molecule has 4 nitrogen and oxygen atoms in total. The van der Waals surface area contributed by atoms with Crippen LogP contribution < -0.4 is 10.5 Å². The van der Waals surface area contributed by atoms with Gasteiger partial charge in [-0.05, 0) is 30.0 Å². The van der Waals surface area contributed by atoms with Crippen LogP contribution >= 0.6 is 12.4 Å². The van der Waals surface area contributed by atoms with Crippen molar-refractivity contribution < 1.29 is 22.7 Å². The summed E-state index contributed by atoms with van der Waals surface area (Å²) in [7, 11) is 1.66. The minimum Gasteiger partial charge on any atom is -0.406 e. The normalized spacial score (nSPS) is 11.6. The van der Waals surface area contributed by atoms with Gasteiger partial charge in [-0.2, -0.15) is 0 Å². The van der Waals surface area contributed by atoms with Gasteiger partial charge in [0.05, 0.1) is 0 Å². The fourth-order valence-corrected chi connectivity index (χ4v) is 2.16. The third-order valence-corrected chi connectivity index (χ3v) is 3.45. The monoisotopic (exact) mass is 368 g/mol. The van der Waals surface area contributed by atoms with Crippen molar-refractivity contribution in [1.29, 1.82) is 0 Å². The van der Waals surface area contributed by atoms with Gasteiger partial charge in [-0.3, -0.25) is 4.79 Å². The highest BCUT2D eigenvalue weighted by atomic mass is 35.5. The van der Waals surface area contributed by atoms with E-state index in [1.165, 1.54) is 18.2 Å². The van der Waals surface area contributed by atoms with Crippen LogP contribution in [0.1, 0.15) is 25.8 Å². The Morgan fingerprint density at radius 2 is 1.83 bits per heavy atom. The first kappa shape index (κ1) is 22.5. The molecular weight excluding hydrogens is 345 g/mol. The van der Waals surface area contributed by atoms with Gasteiger partial charge in [0.2, 0.25) is 5.91 Å². The van der Waals surface area contributed by atoms with Crippen molar-refractivity contribution in [2.45, 2.75) is 33.1 Å². The SMILES string of the molecule is CN(CC(C)(C)CN)C(=O)CCc1ccccc1OC(F)(F)F.Cl. The van der Waals surface area contributed by atoms with Gasteiger partial charge in [0.15, 0.2) is 0 Å². The number of nitrogens with zero attached hydrogens (tertiary/aromatic N) is 1. The summed E-state index contributed by atoms with van der Waals surface area (Å²) in [6.07, 6.45) is -4.46. The van der Waals surface area contributed by atoms with Crippen LogP contribution in [0.15, 0.2) is 24.3 Å². The van der Waals surface area contributed by atoms with E-state index in [4.69, 9.17) is 5.73 Å². The smallest absolute Gasteiger partial charge is 0.406 e. The number of amides is 1. The molecule has 0 atom stereocenters. The van der Waals surface area contributed by atoms with Crippen molar-refractivity contribution in [3.05, 3.63) is 29.8 Å². The Bertz CT molecular complexity index is 536. The molecule has 1 rings (SSSR count). The zero-order chi connectivity index (χ0) is 17.7.